The molecular weight excluding hydrogens is 268 g/mol. The molecule has 0 bridgehead atoms. The van der Waals surface area contributed by atoms with E-state index in [0.717, 1.165) is 0 Å². The third-order valence-electron chi connectivity index (χ3n) is 2.36. The predicted octanol–water partition coefficient (Wildman–Crippen LogP) is 1.80. The fourth-order valence-electron chi connectivity index (χ4n) is 1.35. The number of nitrogens with zero attached hydrogens (tertiary/aromatic N) is 1. The maximum absolute atomic E-state index is 11.3. The van der Waals surface area contributed by atoms with E-state index in [9.17, 15) is 9.90 Å². The third-order valence-corrected chi connectivity index (χ3v) is 2.65. The summed E-state index contributed by atoms with van der Waals surface area (Å²) in [5, 5.41) is 20.6. The molecule has 19 heavy (non-hydrogen) atoms. The van der Waals surface area contributed by atoms with Crippen molar-refractivity contribution in [2.75, 3.05) is 13.2 Å². The minimum atomic E-state index is -0.610. The van der Waals surface area contributed by atoms with Crippen LogP contribution in [-0.4, -0.2) is 24.2 Å². The molecule has 0 unspecified atom stereocenters. The third kappa shape index (κ3) is 5.16. The topological polar surface area (TPSA) is 82.3 Å². The molecule has 2 N–H and O–H groups in total. The second-order valence-electron chi connectivity index (χ2n) is 3.91. The quantitative estimate of drug-likeness (QED) is 0.780. The van der Waals surface area contributed by atoms with Gasteiger partial charge >= 0.3 is 0 Å². The summed E-state index contributed by atoms with van der Waals surface area (Å²) >= 11 is 5.97. The van der Waals surface area contributed by atoms with Crippen LogP contribution in [0.1, 0.15) is 25.0 Å². The summed E-state index contributed by atoms with van der Waals surface area (Å²) in [5.74, 6) is 0.0624. The van der Waals surface area contributed by atoms with Gasteiger partial charge in [-0.1, -0.05) is 17.7 Å². The van der Waals surface area contributed by atoms with Crippen molar-refractivity contribution in [3.05, 3.63) is 28.8 Å². The normalized spacial score (nSPS) is 11.5. The average Bonchev–Trinajstić information content (AvgIpc) is 2.37. The lowest BCUT2D eigenvalue weighted by Gasteiger charge is -2.10. The number of aliphatic hydroxyl groups excluding tert-OH is 1. The molecule has 6 heteroatoms. The summed E-state index contributed by atoms with van der Waals surface area (Å²) in [4.78, 5) is 11.3. The monoisotopic (exact) mass is 282 g/mol. The zero-order chi connectivity index (χ0) is 14.3. The van der Waals surface area contributed by atoms with Gasteiger partial charge in [0, 0.05) is 6.54 Å². The molecule has 0 saturated carbocycles. The molecule has 0 spiro atoms. The summed E-state index contributed by atoms with van der Waals surface area (Å²) in [6.07, 6.45) is -0.351. The van der Waals surface area contributed by atoms with Crippen LogP contribution in [0.2, 0.25) is 5.02 Å². The molecule has 0 aliphatic heterocycles. The molecular formula is C13H15ClN2O3. The van der Waals surface area contributed by atoms with E-state index in [1.54, 1.807) is 25.1 Å². The van der Waals surface area contributed by atoms with Gasteiger partial charge in [-0.05, 0) is 24.6 Å². The van der Waals surface area contributed by atoms with Gasteiger partial charge in [-0.15, -0.1) is 0 Å². The highest BCUT2D eigenvalue weighted by atomic mass is 35.5. The molecule has 0 radical (unpaired) electrons. The number of nitrogens with one attached hydrogen (secondary N) is 1. The van der Waals surface area contributed by atoms with Crippen LogP contribution >= 0.6 is 11.6 Å². The number of carbonyl (C=O) groups is 1. The Morgan fingerprint density at radius 2 is 2.37 bits per heavy atom. The van der Waals surface area contributed by atoms with Crippen LogP contribution in [0.3, 0.4) is 0 Å². The second kappa shape index (κ2) is 7.62. The highest BCUT2D eigenvalue weighted by molar-refractivity contribution is 6.32. The largest absolute Gasteiger partial charge is 0.482 e. The molecule has 1 aromatic carbocycles. The van der Waals surface area contributed by atoms with E-state index in [2.05, 4.69) is 5.32 Å². The van der Waals surface area contributed by atoms with Crippen molar-refractivity contribution in [1.82, 2.24) is 5.32 Å². The van der Waals surface area contributed by atoms with Gasteiger partial charge < -0.3 is 15.2 Å². The van der Waals surface area contributed by atoms with Crippen molar-refractivity contribution >= 4 is 17.5 Å². The molecule has 0 heterocycles. The van der Waals surface area contributed by atoms with Gasteiger partial charge in [0.25, 0.3) is 5.91 Å². The molecule has 1 atom stereocenters. The van der Waals surface area contributed by atoms with Crippen molar-refractivity contribution in [2.24, 2.45) is 0 Å². The van der Waals surface area contributed by atoms with Crippen LogP contribution in [0, 0.1) is 11.3 Å². The molecule has 0 aromatic heterocycles. The minimum absolute atomic E-state index is 0.167. The highest BCUT2D eigenvalue weighted by Crippen LogP contribution is 2.27. The van der Waals surface area contributed by atoms with Crippen molar-refractivity contribution in [1.29, 1.82) is 5.26 Å². The number of hydrogen-bond donors (Lipinski definition) is 2. The summed E-state index contributed by atoms with van der Waals surface area (Å²) < 4.78 is 5.26. The first-order chi connectivity index (χ1) is 9.04. The Bertz CT molecular complexity index is 483. The van der Waals surface area contributed by atoms with Gasteiger partial charge in [-0.3, -0.25) is 4.79 Å². The maximum atomic E-state index is 11.3. The van der Waals surface area contributed by atoms with E-state index in [-0.39, 0.29) is 18.9 Å². The van der Waals surface area contributed by atoms with Crippen LogP contribution < -0.4 is 10.1 Å². The molecule has 0 aliphatic carbocycles. The minimum Gasteiger partial charge on any atom is -0.482 e. The van der Waals surface area contributed by atoms with Crippen LogP contribution in [0.15, 0.2) is 18.2 Å². The second-order valence-corrected chi connectivity index (χ2v) is 4.32. The number of hydrogen-bond acceptors (Lipinski definition) is 4. The number of carbonyl (C=O) groups excluding carboxylic acids is 1. The molecule has 1 aromatic rings. The molecule has 102 valence electrons. The Labute approximate surface area is 116 Å². The van der Waals surface area contributed by atoms with Crippen molar-refractivity contribution in [2.45, 2.75) is 19.4 Å². The number of ether oxygens (including phenoxy) is 1. The molecule has 0 saturated heterocycles. The van der Waals surface area contributed by atoms with Crippen LogP contribution in [0.4, 0.5) is 0 Å². The van der Waals surface area contributed by atoms with Crippen molar-refractivity contribution in [3.63, 3.8) is 0 Å². The van der Waals surface area contributed by atoms with Gasteiger partial charge in [0.1, 0.15) is 5.75 Å². The Balaban J connectivity index is 2.50. The highest BCUT2D eigenvalue weighted by Gasteiger charge is 2.08. The number of nitriles is 1. The van der Waals surface area contributed by atoms with E-state index in [1.807, 2.05) is 6.07 Å². The fraction of sp³-hybridized carbons (Fsp3) is 0.385. The van der Waals surface area contributed by atoms with E-state index in [4.69, 9.17) is 21.6 Å². The van der Waals surface area contributed by atoms with Crippen molar-refractivity contribution in [3.8, 4) is 11.8 Å². The number of halogens is 1. The fourth-order valence-corrected chi connectivity index (χ4v) is 1.59. The lowest BCUT2D eigenvalue weighted by molar-refractivity contribution is -0.123. The summed E-state index contributed by atoms with van der Waals surface area (Å²) in [6, 6.07) is 6.80. The first kappa shape index (κ1) is 15.3. The van der Waals surface area contributed by atoms with Crippen LogP contribution in [0.5, 0.6) is 5.75 Å². The van der Waals surface area contributed by atoms with E-state index in [0.29, 0.717) is 22.9 Å². The predicted molar refractivity (Wildman–Crippen MR) is 70.8 cm³/mol. The summed E-state index contributed by atoms with van der Waals surface area (Å²) in [6.45, 7) is 1.77. The van der Waals surface area contributed by atoms with Gasteiger partial charge in [0.05, 0.1) is 23.6 Å². The Kier molecular flexibility index (Phi) is 6.13. The number of amides is 1. The van der Waals surface area contributed by atoms with E-state index < -0.39 is 6.10 Å². The van der Waals surface area contributed by atoms with Gasteiger partial charge in [0.2, 0.25) is 0 Å². The Morgan fingerprint density at radius 1 is 1.63 bits per heavy atom. The van der Waals surface area contributed by atoms with E-state index in [1.165, 1.54) is 0 Å². The number of rotatable bonds is 6. The van der Waals surface area contributed by atoms with Gasteiger partial charge in [-0.2, -0.15) is 5.26 Å². The molecule has 5 nitrogen and oxygen atoms in total. The lowest BCUT2D eigenvalue weighted by atomic mass is 10.1. The first-order valence-electron chi connectivity index (χ1n) is 5.78. The molecule has 0 fully saturated rings. The maximum Gasteiger partial charge on any atom is 0.257 e. The van der Waals surface area contributed by atoms with Crippen molar-refractivity contribution < 1.29 is 14.6 Å². The van der Waals surface area contributed by atoms with E-state index >= 15 is 0 Å². The number of benzene rings is 1. The standard InChI is InChI=1S/C13H15ClN2O3/c1-9(17)10-3-4-12(11(14)7-10)19-8-13(18)16-6-2-5-15/h3-4,7,9,17H,2,6,8H2,1H3,(H,16,18)/t9-/m1/s1. The zero-order valence-corrected chi connectivity index (χ0v) is 11.3. The average molecular weight is 283 g/mol. The zero-order valence-electron chi connectivity index (χ0n) is 10.5. The van der Waals surface area contributed by atoms with Gasteiger partial charge in [-0.25, -0.2) is 0 Å². The molecule has 1 amide bonds. The first-order valence-corrected chi connectivity index (χ1v) is 6.16. The smallest absolute Gasteiger partial charge is 0.257 e. The van der Waals surface area contributed by atoms with Crippen LogP contribution in [0.25, 0.3) is 0 Å². The summed E-state index contributed by atoms with van der Waals surface area (Å²) in [5.41, 5.74) is 0.677. The Morgan fingerprint density at radius 3 is 2.95 bits per heavy atom. The Hall–Kier alpha value is -1.77. The number of aliphatic hydroxyl groups is 1. The van der Waals surface area contributed by atoms with Gasteiger partial charge in [0.15, 0.2) is 6.61 Å². The lowest BCUT2D eigenvalue weighted by Crippen LogP contribution is -2.29. The SMILES string of the molecule is C[C@@H](O)c1ccc(OCC(=O)NCCC#N)c(Cl)c1. The molecule has 0 aliphatic rings. The molecule has 1 rings (SSSR count). The van der Waals surface area contributed by atoms with Crippen LogP contribution in [-0.2, 0) is 4.79 Å². The summed E-state index contributed by atoms with van der Waals surface area (Å²) in [7, 11) is 0.